The van der Waals surface area contributed by atoms with Gasteiger partial charge in [0.05, 0.1) is 5.00 Å². The lowest BCUT2D eigenvalue weighted by atomic mass is 10.4. The molecule has 0 atom stereocenters. The van der Waals surface area contributed by atoms with Gasteiger partial charge in [0.25, 0.3) is 0 Å². The first kappa shape index (κ1) is 15.0. The fourth-order valence-corrected chi connectivity index (χ4v) is 2.53. The van der Waals surface area contributed by atoms with Gasteiger partial charge in [-0.3, -0.25) is 5.32 Å². The minimum atomic E-state index is -0.219. The molecule has 3 N–H and O–H groups in total. The zero-order chi connectivity index (χ0) is 15.9. The lowest BCUT2D eigenvalue weighted by Gasteiger charge is -2.08. The van der Waals surface area contributed by atoms with Crippen molar-refractivity contribution in [3.8, 4) is 5.82 Å². The van der Waals surface area contributed by atoms with Gasteiger partial charge in [0, 0.05) is 25.5 Å². The summed E-state index contributed by atoms with van der Waals surface area (Å²) >= 11 is 1.48. The number of carbonyl (C=O) groups excluding carboxylic acids is 1. The third-order valence-electron chi connectivity index (χ3n) is 2.99. The van der Waals surface area contributed by atoms with Gasteiger partial charge in [0.15, 0.2) is 5.82 Å². The molecule has 2 amide bonds. The Bertz CT molecular complexity index is 724. The minimum Gasteiger partial charge on any atom is -0.367 e. The van der Waals surface area contributed by atoms with Crippen LogP contribution in [0.2, 0.25) is 0 Å². The molecule has 0 saturated carbocycles. The van der Waals surface area contributed by atoms with Crippen LogP contribution in [0.15, 0.2) is 54.2 Å². The summed E-state index contributed by atoms with van der Waals surface area (Å²) in [5, 5.41) is 19.6. The zero-order valence-electron chi connectivity index (χ0n) is 12.3. The van der Waals surface area contributed by atoms with Gasteiger partial charge in [0.1, 0.15) is 5.82 Å². The molecule has 0 aliphatic heterocycles. The fraction of sp³-hybridized carbons (Fsp3) is 0.133. The monoisotopic (exact) mass is 328 g/mol. The van der Waals surface area contributed by atoms with E-state index >= 15 is 0 Å². The number of amides is 2. The molecule has 3 heterocycles. The first-order valence-corrected chi connectivity index (χ1v) is 7.98. The number of aromatic nitrogens is 3. The van der Waals surface area contributed by atoms with Crippen LogP contribution in [0.25, 0.3) is 5.82 Å². The number of nitrogens with one attached hydrogen (secondary N) is 3. The quantitative estimate of drug-likeness (QED) is 0.607. The second-order valence-corrected chi connectivity index (χ2v) is 5.60. The molecule has 0 fully saturated rings. The Morgan fingerprint density at radius 3 is 2.65 bits per heavy atom. The Labute approximate surface area is 137 Å². The molecular formula is C15H16N6OS. The van der Waals surface area contributed by atoms with Gasteiger partial charge in [0.2, 0.25) is 0 Å². The lowest BCUT2D eigenvalue weighted by Crippen LogP contribution is -2.32. The van der Waals surface area contributed by atoms with Gasteiger partial charge < -0.3 is 15.2 Å². The molecular weight excluding hydrogens is 312 g/mol. The van der Waals surface area contributed by atoms with Crippen LogP contribution in [0.3, 0.4) is 0 Å². The highest BCUT2D eigenvalue weighted by atomic mass is 32.1. The smallest absolute Gasteiger partial charge is 0.319 e. The van der Waals surface area contributed by atoms with Crippen molar-refractivity contribution in [3.63, 3.8) is 0 Å². The molecule has 0 unspecified atom stereocenters. The molecule has 3 rings (SSSR count). The molecule has 0 radical (unpaired) electrons. The van der Waals surface area contributed by atoms with E-state index in [-0.39, 0.29) is 6.03 Å². The van der Waals surface area contributed by atoms with E-state index in [2.05, 4.69) is 26.1 Å². The van der Waals surface area contributed by atoms with Crippen molar-refractivity contribution < 1.29 is 4.79 Å². The molecule has 23 heavy (non-hydrogen) atoms. The predicted molar refractivity (Wildman–Crippen MR) is 91.2 cm³/mol. The number of urea groups is 1. The summed E-state index contributed by atoms with van der Waals surface area (Å²) in [5.41, 5.74) is 0. The number of anilines is 2. The molecule has 0 bridgehead atoms. The van der Waals surface area contributed by atoms with E-state index in [1.807, 2.05) is 58.7 Å². The van der Waals surface area contributed by atoms with Crippen LogP contribution in [0.4, 0.5) is 15.6 Å². The first-order valence-electron chi connectivity index (χ1n) is 7.10. The Kier molecular flexibility index (Phi) is 4.85. The summed E-state index contributed by atoms with van der Waals surface area (Å²) in [6.07, 6.45) is 3.82. The van der Waals surface area contributed by atoms with Crippen LogP contribution >= 0.6 is 11.3 Å². The molecule has 0 spiro atoms. The predicted octanol–water partition coefficient (Wildman–Crippen LogP) is 2.56. The van der Waals surface area contributed by atoms with Crippen molar-refractivity contribution in [3.05, 3.63) is 54.2 Å². The number of nitrogens with zero attached hydrogens (tertiary/aromatic N) is 3. The van der Waals surface area contributed by atoms with E-state index in [9.17, 15) is 4.79 Å². The number of carbonyl (C=O) groups is 1. The summed E-state index contributed by atoms with van der Waals surface area (Å²) < 4.78 is 1.88. The van der Waals surface area contributed by atoms with E-state index in [0.29, 0.717) is 18.9 Å². The van der Waals surface area contributed by atoms with Crippen LogP contribution in [-0.2, 0) is 0 Å². The van der Waals surface area contributed by atoms with E-state index < -0.39 is 0 Å². The Hall–Kier alpha value is -2.87. The van der Waals surface area contributed by atoms with Crippen molar-refractivity contribution >= 4 is 28.2 Å². The Morgan fingerprint density at radius 1 is 1.09 bits per heavy atom. The maximum Gasteiger partial charge on any atom is 0.319 e. The van der Waals surface area contributed by atoms with Crippen LogP contribution < -0.4 is 16.0 Å². The van der Waals surface area contributed by atoms with Gasteiger partial charge in [-0.1, -0.05) is 0 Å². The molecule has 3 aromatic heterocycles. The second kappa shape index (κ2) is 7.41. The second-order valence-electron chi connectivity index (χ2n) is 4.65. The first-order chi connectivity index (χ1) is 11.3. The van der Waals surface area contributed by atoms with Crippen molar-refractivity contribution in [2.24, 2.45) is 0 Å². The van der Waals surface area contributed by atoms with E-state index in [1.54, 1.807) is 0 Å². The largest absolute Gasteiger partial charge is 0.367 e. The SMILES string of the molecule is O=C(NCCNc1ccc(-n2cccc2)nn1)Nc1cccs1. The van der Waals surface area contributed by atoms with Gasteiger partial charge in [-0.2, -0.15) is 0 Å². The number of rotatable bonds is 6. The summed E-state index contributed by atoms with van der Waals surface area (Å²) in [6, 6.07) is 11.1. The van der Waals surface area contributed by atoms with Crippen LogP contribution in [0.1, 0.15) is 0 Å². The van der Waals surface area contributed by atoms with Crippen molar-refractivity contribution in [1.29, 1.82) is 0 Å². The highest BCUT2D eigenvalue weighted by molar-refractivity contribution is 7.14. The normalized spacial score (nSPS) is 10.3. The lowest BCUT2D eigenvalue weighted by molar-refractivity contribution is 0.252. The number of thiophene rings is 1. The average molecular weight is 328 g/mol. The topological polar surface area (TPSA) is 83.9 Å². The summed E-state index contributed by atoms with van der Waals surface area (Å²) in [6.45, 7) is 1.05. The average Bonchev–Trinajstić information content (AvgIpc) is 3.26. The molecule has 0 aliphatic carbocycles. The highest BCUT2D eigenvalue weighted by Gasteiger charge is 2.02. The summed E-state index contributed by atoms with van der Waals surface area (Å²) in [7, 11) is 0. The maximum atomic E-state index is 11.6. The molecule has 0 aromatic carbocycles. The fourth-order valence-electron chi connectivity index (χ4n) is 1.92. The summed E-state index contributed by atoms with van der Waals surface area (Å²) in [4.78, 5) is 11.6. The number of hydrogen-bond acceptors (Lipinski definition) is 5. The highest BCUT2D eigenvalue weighted by Crippen LogP contribution is 2.14. The Balaban J connectivity index is 1.39. The van der Waals surface area contributed by atoms with Crippen LogP contribution in [0.5, 0.6) is 0 Å². The van der Waals surface area contributed by atoms with Gasteiger partial charge >= 0.3 is 6.03 Å². The molecule has 0 saturated heterocycles. The third-order valence-corrected chi connectivity index (χ3v) is 3.78. The molecule has 3 aromatic rings. The third kappa shape index (κ3) is 4.30. The zero-order valence-corrected chi connectivity index (χ0v) is 13.1. The number of hydrogen-bond donors (Lipinski definition) is 3. The molecule has 8 heteroatoms. The van der Waals surface area contributed by atoms with Crippen molar-refractivity contribution in [1.82, 2.24) is 20.1 Å². The van der Waals surface area contributed by atoms with Crippen LogP contribution in [0, 0.1) is 0 Å². The van der Waals surface area contributed by atoms with Crippen molar-refractivity contribution in [2.75, 3.05) is 23.7 Å². The van der Waals surface area contributed by atoms with Crippen molar-refractivity contribution in [2.45, 2.75) is 0 Å². The Morgan fingerprint density at radius 2 is 1.96 bits per heavy atom. The van der Waals surface area contributed by atoms with Gasteiger partial charge in [-0.15, -0.1) is 21.5 Å². The minimum absolute atomic E-state index is 0.219. The summed E-state index contributed by atoms with van der Waals surface area (Å²) in [5.74, 6) is 1.43. The molecule has 7 nitrogen and oxygen atoms in total. The maximum absolute atomic E-state index is 11.6. The van der Waals surface area contributed by atoms with E-state index in [0.717, 1.165) is 10.8 Å². The van der Waals surface area contributed by atoms with E-state index in [1.165, 1.54) is 11.3 Å². The molecule has 118 valence electrons. The van der Waals surface area contributed by atoms with E-state index in [4.69, 9.17) is 0 Å². The van der Waals surface area contributed by atoms with Gasteiger partial charge in [-0.05, 0) is 41.8 Å². The standard InChI is InChI=1S/C15H16N6OS/c22-15(18-14-4-3-11-23-14)17-8-7-16-12-5-6-13(20-19-12)21-9-1-2-10-21/h1-6,9-11H,7-8H2,(H,16,19)(H2,17,18,22). The van der Waals surface area contributed by atoms with Gasteiger partial charge in [-0.25, -0.2) is 4.79 Å². The van der Waals surface area contributed by atoms with Crippen LogP contribution in [-0.4, -0.2) is 33.9 Å². The molecule has 0 aliphatic rings.